The van der Waals surface area contributed by atoms with E-state index < -0.39 is 29.2 Å². The third kappa shape index (κ3) is 3.27. The fourth-order valence-electron chi connectivity index (χ4n) is 2.04. The van der Waals surface area contributed by atoms with Gasteiger partial charge in [0.15, 0.2) is 11.6 Å². The van der Waals surface area contributed by atoms with Gasteiger partial charge in [0.2, 0.25) is 0 Å². The number of benzene rings is 1. The van der Waals surface area contributed by atoms with Crippen molar-refractivity contribution in [2.75, 3.05) is 25.1 Å². The summed E-state index contributed by atoms with van der Waals surface area (Å²) < 4.78 is 31.5. The van der Waals surface area contributed by atoms with E-state index in [4.69, 9.17) is 9.84 Å². The number of hydrogen-bond acceptors (Lipinski definition) is 3. The Hall–Kier alpha value is -2.22. The van der Waals surface area contributed by atoms with Gasteiger partial charge < -0.3 is 20.1 Å². The Morgan fingerprint density at radius 3 is 2.67 bits per heavy atom. The molecular weight excluding hydrogens is 286 g/mol. The van der Waals surface area contributed by atoms with Crippen LogP contribution in [0.15, 0.2) is 12.1 Å². The molecule has 0 aromatic heterocycles. The molecule has 0 aliphatic carbocycles. The number of rotatable bonds is 2. The van der Waals surface area contributed by atoms with Crippen LogP contribution in [-0.4, -0.2) is 47.8 Å². The first-order valence-electron chi connectivity index (χ1n) is 6.28. The molecule has 1 aromatic rings. The van der Waals surface area contributed by atoms with Crippen molar-refractivity contribution >= 4 is 17.7 Å². The number of carboxylic acids is 1. The van der Waals surface area contributed by atoms with Gasteiger partial charge in [-0.05, 0) is 13.0 Å². The standard InChI is InChI=1S/C13H14F2N2O4/c1-7-6-21-3-2-17(7)13(20)16-11-5-10(15)9(14)4-8(11)12(18)19/h4-5,7H,2-3,6H2,1H3,(H,16,20)(H,18,19). The van der Waals surface area contributed by atoms with Gasteiger partial charge in [-0.3, -0.25) is 0 Å². The summed E-state index contributed by atoms with van der Waals surface area (Å²) in [6.07, 6.45) is 0. The van der Waals surface area contributed by atoms with Crippen LogP contribution >= 0.6 is 0 Å². The Morgan fingerprint density at radius 1 is 1.38 bits per heavy atom. The molecule has 6 nitrogen and oxygen atoms in total. The zero-order valence-corrected chi connectivity index (χ0v) is 11.2. The predicted molar refractivity (Wildman–Crippen MR) is 69.3 cm³/mol. The number of halogens is 2. The second-order valence-electron chi connectivity index (χ2n) is 4.66. The summed E-state index contributed by atoms with van der Waals surface area (Å²) in [7, 11) is 0. The highest BCUT2D eigenvalue weighted by atomic mass is 19.2. The summed E-state index contributed by atoms with van der Waals surface area (Å²) in [5, 5.41) is 11.3. The van der Waals surface area contributed by atoms with Crippen molar-refractivity contribution in [3.63, 3.8) is 0 Å². The Morgan fingerprint density at radius 2 is 2.05 bits per heavy atom. The maximum atomic E-state index is 13.2. The lowest BCUT2D eigenvalue weighted by Gasteiger charge is -2.33. The second-order valence-corrected chi connectivity index (χ2v) is 4.66. The minimum atomic E-state index is -1.46. The number of nitrogens with one attached hydrogen (secondary N) is 1. The van der Waals surface area contributed by atoms with Crippen molar-refractivity contribution < 1.29 is 28.2 Å². The Bertz CT molecular complexity index is 580. The number of aromatic carboxylic acids is 1. The zero-order valence-electron chi connectivity index (χ0n) is 11.2. The van der Waals surface area contributed by atoms with Crippen molar-refractivity contribution in [3.8, 4) is 0 Å². The van der Waals surface area contributed by atoms with E-state index in [1.165, 1.54) is 4.90 Å². The first-order valence-corrected chi connectivity index (χ1v) is 6.28. The molecule has 0 saturated carbocycles. The van der Waals surface area contributed by atoms with Crippen molar-refractivity contribution in [3.05, 3.63) is 29.3 Å². The van der Waals surface area contributed by atoms with Crippen LogP contribution < -0.4 is 5.32 Å². The lowest BCUT2D eigenvalue weighted by molar-refractivity contribution is 0.0221. The molecule has 8 heteroatoms. The van der Waals surface area contributed by atoms with Gasteiger partial charge in [0.05, 0.1) is 30.5 Å². The number of urea groups is 1. The summed E-state index contributed by atoms with van der Waals surface area (Å²) in [6.45, 7) is 2.82. The normalized spacial score (nSPS) is 18.4. The number of anilines is 1. The number of carbonyl (C=O) groups is 2. The number of ether oxygens (including phenoxy) is 1. The molecule has 1 aromatic carbocycles. The maximum Gasteiger partial charge on any atom is 0.337 e. The van der Waals surface area contributed by atoms with Gasteiger partial charge in [-0.25, -0.2) is 18.4 Å². The Balaban J connectivity index is 2.24. The molecule has 1 aliphatic rings. The van der Waals surface area contributed by atoms with Crippen LogP contribution in [0.3, 0.4) is 0 Å². The van der Waals surface area contributed by atoms with Gasteiger partial charge >= 0.3 is 12.0 Å². The van der Waals surface area contributed by atoms with Crippen LogP contribution in [0.25, 0.3) is 0 Å². The molecule has 1 heterocycles. The largest absolute Gasteiger partial charge is 0.478 e. The highest BCUT2D eigenvalue weighted by molar-refractivity contribution is 6.00. The van der Waals surface area contributed by atoms with E-state index in [1.807, 2.05) is 0 Å². The molecule has 0 bridgehead atoms. The molecule has 1 fully saturated rings. The molecule has 1 aliphatic heterocycles. The van der Waals surface area contributed by atoms with Gasteiger partial charge in [-0.15, -0.1) is 0 Å². The monoisotopic (exact) mass is 300 g/mol. The van der Waals surface area contributed by atoms with E-state index in [-0.39, 0.29) is 11.7 Å². The van der Waals surface area contributed by atoms with Crippen molar-refractivity contribution in [2.24, 2.45) is 0 Å². The fraction of sp³-hybridized carbons (Fsp3) is 0.385. The first kappa shape index (κ1) is 15.2. The van der Waals surface area contributed by atoms with E-state index in [2.05, 4.69) is 5.32 Å². The third-order valence-corrected chi connectivity index (χ3v) is 3.16. The second kappa shape index (κ2) is 6.04. The van der Waals surface area contributed by atoms with Gasteiger partial charge in [0, 0.05) is 12.6 Å². The summed E-state index contributed by atoms with van der Waals surface area (Å²) in [6, 6.07) is 0.411. The van der Waals surface area contributed by atoms with Crippen LogP contribution in [0.1, 0.15) is 17.3 Å². The number of carboxylic acid groups (broad SMARTS) is 1. The molecular formula is C13H14F2N2O4. The number of nitrogens with zero attached hydrogens (tertiary/aromatic N) is 1. The smallest absolute Gasteiger partial charge is 0.337 e. The minimum Gasteiger partial charge on any atom is -0.478 e. The fourth-order valence-corrected chi connectivity index (χ4v) is 2.04. The molecule has 0 radical (unpaired) electrons. The lowest BCUT2D eigenvalue weighted by atomic mass is 10.1. The van der Waals surface area contributed by atoms with E-state index >= 15 is 0 Å². The third-order valence-electron chi connectivity index (χ3n) is 3.16. The molecule has 1 unspecified atom stereocenters. The molecule has 114 valence electrons. The van der Waals surface area contributed by atoms with Gasteiger partial charge in [-0.2, -0.15) is 0 Å². The van der Waals surface area contributed by atoms with Crippen molar-refractivity contribution in [1.29, 1.82) is 0 Å². The molecule has 2 amide bonds. The van der Waals surface area contributed by atoms with E-state index in [0.717, 1.165) is 0 Å². The number of hydrogen-bond donors (Lipinski definition) is 2. The molecule has 1 atom stereocenters. The number of morpholine rings is 1. The van der Waals surface area contributed by atoms with Crippen LogP contribution in [0.5, 0.6) is 0 Å². The molecule has 0 spiro atoms. The average Bonchev–Trinajstić information content (AvgIpc) is 2.42. The highest BCUT2D eigenvalue weighted by Gasteiger charge is 2.25. The molecule has 1 saturated heterocycles. The minimum absolute atomic E-state index is 0.197. The quantitative estimate of drug-likeness (QED) is 0.874. The van der Waals surface area contributed by atoms with Crippen molar-refractivity contribution in [1.82, 2.24) is 4.90 Å². The lowest BCUT2D eigenvalue weighted by Crippen LogP contribution is -2.49. The van der Waals surface area contributed by atoms with Crippen LogP contribution in [0, 0.1) is 11.6 Å². The summed E-state index contributed by atoms with van der Waals surface area (Å²) in [5.74, 6) is -3.98. The van der Waals surface area contributed by atoms with Gasteiger partial charge in [0.25, 0.3) is 0 Å². The zero-order chi connectivity index (χ0) is 15.6. The molecule has 21 heavy (non-hydrogen) atoms. The molecule has 2 N–H and O–H groups in total. The first-order chi connectivity index (χ1) is 9.90. The van der Waals surface area contributed by atoms with Gasteiger partial charge in [-0.1, -0.05) is 0 Å². The van der Waals surface area contributed by atoms with E-state index in [1.54, 1.807) is 6.92 Å². The summed E-state index contributed by atoms with van der Waals surface area (Å²) in [4.78, 5) is 24.6. The topological polar surface area (TPSA) is 78.9 Å². The maximum absolute atomic E-state index is 13.2. The number of carbonyl (C=O) groups excluding carboxylic acids is 1. The highest BCUT2D eigenvalue weighted by Crippen LogP contribution is 2.21. The van der Waals surface area contributed by atoms with E-state index in [0.29, 0.717) is 31.9 Å². The predicted octanol–water partition coefficient (Wildman–Crippen LogP) is 1.92. The van der Waals surface area contributed by atoms with Crippen LogP contribution in [-0.2, 0) is 4.74 Å². The number of amides is 2. The summed E-state index contributed by atoms with van der Waals surface area (Å²) >= 11 is 0. The van der Waals surface area contributed by atoms with E-state index in [9.17, 15) is 18.4 Å². The Labute approximate surface area is 119 Å². The van der Waals surface area contributed by atoms with Crippen LogP contribution in [0.2, 0.25) is 0 Å². The summed E-state index contributed by atoms with van der Waals surface area (Å²) in [5.41, 5.74) is -0.798. The Kier molecular flexibility index (Phi) is 4.37. The SMILES string of the molecule is CC1COCCN1C(=O)Nc1cc(F)c(F)cc1C(=O)O. The average molecular weight is 300 g/mol. The molecule has 2 rings (SSSR count). The van der Waals surface area contributed by atoms with Gasteiger partial charge in [0.1, 0.15) is 0 Å². The van der Waals surface area contributed by atoms with Crippen molar-refractivity contribution in [2.45, 2.75) is 13.0 Å². The van der Waals surface area contributed by atoms with Crippen LogP contribution in [0.4, 0.5) is 19.3 Å².